The third-order valence-corrected chi connectivity index (χ3v) is 1.75. The van der Waals surface area contributed by atoms with Crippen molar-refractivity contribution in [3.8, 4) is 0 Å². The smallest absolute Gasteiger partial charge is 0.248 e. The van der Waals surface area contributed by atoms with Gasteiger partial charge in [0.05, 0.1) is 11.0 Å². The molecule has 0 atom stereocenters. The Balaban J connectivity index is 3.02. The molecule has 0 aliphatic carbocycles. The zero-order chi connectivity index (χ0) is 7.84. The van der Waals surface area contributed by atoms with Crippen LogP contribution in [-0.2, 0) is 0 Å². The van der Waals surface area contributed by atoms with Gasteiger partial charge >= 0.3 is 0 Å². The molecular weight excluding hydrogens is 140 g/mol. The van der Waals surface area contributed by atoms with Crippen molar-refractivity contribution in [2.75, 3.05) is 0 Å². The number of pyridine rings is 1. The largest absolute Gasteiger partial charge is 0.360 e. The summed E-state index contributed by atoms with van der Waals surface area (Å²) in [5, 5.41) is 0. The minimum Gasteiger partial charge on any atom is -0.360 e. The Hall–Kier alpha value is -1.51. The molecule has 3 nitrogen and oxygen atoms in total. The number of fused-ring (bicyclic) bond motifs is 1. The van der Waals surface area contributed by atoms with Crippen LogP contribution in [0.25, 0.3) is 11.0 Å². The summed E-state index contributed by atoms with van der Waals surface area (Å²) in [5.41, 5.74) is 2.81. The number of hydrogen-bond donors (Lipinski definition) is 2. The quantitative estimate of drug-likeness (QED) is 0.578. The van der Waals surface area contributed by atoms with Crippen molar-refractivity contribution in [1.82, 2.24) is 9.97 Å². The summed E-state index contributed by atoms with van der Waals surface area (Å²) in [6, 6.07) is 3.43. The highest BCUT2D eigenvalue weighted by Crippen LogP contribution is 2.09. The molecule has 2 aromatic rings. The maximum Gasteiger partial charge on any atom is 0.248 e. The lowest BCUT2D eigenvalue weighted by atomic mass is 10.2. The van der Waals surface area contributed by atoms with Crippen molar-refractivity contribution in [2.24, 2.45) is 0 Å². The Labute approximate surface area is 63.1 Å². The maximum absolute atomic E-state index is 10.9. The van der Waals surface area contributed by atoms with E-state index in [4.69, 9.17) is 0 Å². The number of aromatic nitrogens is 2. The van der Waals surface area contributed by atoms with E-state index < -0.39 is 0 Å². The molecule has 2 rings (SSSR count). The van der Waals surface area contributed by atoms with E-state index in [0.717, 1.165) is 16.6 Å². The zero-order valence-corrected chi connectivity index (χ0v) is 6.14. The molecule has 0 radical (unpaired) electrons. The van der Waals surface area contributed by atoms with Gasteiger partial charge in [0.25, 0.3) is 0 Å². The van der Waals surface area contributed by atoms with Crippen molar-refractivity contribution in [1.29, 1.82) is 0 Å². The summed E-state index contributed by atoms with van der Waals surface area (Å²) in [4.78, 5) is 16.7. The molecule has 3 heteroatoms. The fourth-order valence-corrected chi connectivity index (χ4v) is 1.24. The van der Waals surface area contributed by atoms with E-state index in [1.807, 2.05) is 19.2 Å². The van der Waals surface area contributed by atoms with E-state index in [0.29, 0.717) is 0 Å². The van der Waals surface area contributed by atoms with Crippen LogP contribution in [-0.4, -0.2) is 9.97 Å². The summed E-state index contributed by atoms with van der Waals surface area (Å²) in [6.45, 7) is 1.91. The minimum atomic E-state index is -0.0467. The second kappa shape index (κ2) is 1.99. The third kappa shape index (κ3) is 0.852. The number of rotatable bonds is 0. The van der Waals surface area contributed by atoms with Gasteiger partial charge in [-0.3, -0.25) is 4.79 Å². The number of nitrogens with one attached hydrogen (secondary N) is 2. The molecule has 0 aliphatic heterocycles. The number of aromatic amines is 2. The fraction of sp³-hybridized carbons (Fsp3) is 0.125. The average molecular weight is 148 g/mol. The third-order valence-electron chi connectivity index (χ3n) is 1.75. The Bertz CT molecular complexity index is 439. The molecule has 0 unspecified atom stereocenters. The lowest BCUT2D eigenvalue weighted by Crippen LogP contribution is -2.03. The Morgan fingerprint density at radius 2 is 2.27 bits per heavy atom. The molecule has 56 valence electrons. The van der Waals surface area contributed by atoms with Crippen LogP contribution < -0.4 is 5.56 Å². The first-order chi connectivity index (χ1) is 5.27. The van der Waals surface area contributed by atoms with Gasteiger partial charge < -0.3 is 9.97 Å². The Morgan fingerprint density at radius 1 is 1.45 bits per heavy atom. The lowest BCUT2D eigenvalue weighted by Gasteiger charge is -1.92. The van der Waals surface area contributed by atoms with Gasteiger partial charge in [0, 0.05) is 12.3 Å². The van der Waals surface area contributed by atoms with E-state index in [1.54, 1.807) is 6.07 Å². The molecule has 0 fully saturated rings. The Morgan fingerprint density at radius 3 is 3.09 bits per heavy atom. The topological polar surface area (TPSA) is 48.6 Å². The van der Waals surface area contributed by atoms with Gasteiger partial charge in [-0.15, -0.1) is 0 Å². The predicted octanol–water partition coefficient (Wildman–Crippen LogP) is 1.16. The summed E-state index contributed by atoms with van der Waals surface area (Å²) < 4.78 is 0. The van der Waals surface area contributed by atoms with Gasteiger partial charge in [-0.2, -0.15) is 0 Å². The molecule has 11 heavy (non-hydrogen) atoms. The summed E-state index contributed by atoms with van der Waals surface area (Å²) in [7, 11) is 0. The maximum atomic E-state index is 10.9. The highest BCUT2D eigenvalue weighted by Gasteiger charge is 1.97. The van der Waals surface area contributed by atoms with Crippen molar-refractivity contribution in [3.05, 3.63) is 34.2 Å². The van der Waals surface area contributed by atoms with E-state index in [1.165, 1.54) is 0 Å². The summed E-state index contributed by atoms with van der Waals surface area (Å²) in [6.07, 6.45) is 1.81. The van der Waals surface area contributed by atoms with Crippen molar-refractivity contribution in [3.63, 3.8) is 0 Å². The van der Waals surface area contributed by atoms with Crippen LogP contribution in [0.15, 0.2) is 23.1 Å². The van der Waals surface area contributed by atoms with Gasteiger partial charge in [-0.05, 0) is 18.6 Å². The van der Waals surface area contributed by atoms with Gasteiger partial charge in [-0.1, -0.05) is 0 Å². The molecular formula is C8H8N2O. The van der Waals surface area contributed by atoms with E-state index >= 15 is 0 Å². The van der Waals surface area contributed by atoms with E-state index in [9.17, 15) is 4.79 Å². The number of aryl methyl sites for hydroxylation is 1. The van der Waals surface area contributed by atoms with Crippen LogP contribution in [0.4, 0.5) is 0 Å². The molecule has 0 aromatic carbocycles. The first-order valence-corrected chi connectivity index (χ1v) is 3.44. The number of hydrogen-bond acceptors (Lipinski definition) is 1. The predicted molar refractivity (Wildman–Crippen MR) is 43.7 cm³/mol. The van der Waals surface area contributed by atoms with Crippen LogP contribution in [0.2, 0.25) is 0 Å². The molecule has 0 saturated heterocycles. The van der Waals surface area contributed by atoms with E-state index in [2.05, 4.69) is 9.97 Å². The van der Waals surface area contributed by atoms with Crippen LogP contribution in [0.5, 0.6) is 0 Å². The van der Waals surface area contributed by atoms with Gasteiger partial charge in [0.1, 0.15) is 0 Å². The van der Waals surface area contributed by atoms with Crippen LogP contribution in [0.1, 0.15) is 5.56 Å². The molecule has 2 N–H and O–H groups in total. The van der Waals surface area contributed by atoms with E-state index in [-0.39, 0.29) is 5.56 Å². The second-order valence-electron chi connectivity index (χ2n) is 2.58. The van der Waals surface area contributed by atoms with Crippen LogP contribution >= 0.6 is 0 Å². The molecule has 2 heterocycles. The van der Waals surface area contributed by atoms with Crippen LogP contribution in [0, 0.1) is 6.92 Å². The fourth-order valence-electron chi connectivity index (χ4n) is 1.24. The second-order valence-corrected chi connectivity index (χ2v) is 2.58. The minimum absolute atomic E-state index is 0.0467. The van der Waals surface area contributed by atoms with Gasteiger partial charge in [-0.25, -0.2) is 0 Å². The highest BCUT2D eigenvalue weighted by molar-refractivity contribution is 5.77. The molecule has 2 aromatic heterocycles. The van der Waals surface area contributed by atoms with Crippen molar-refractivity contribution in [2.45, 2.75) is 6.92 Å². The normalized spacial score (nSPS) is 10.6. The van der Waals surface area contributed by atoms with Gasteiger partial charge in [0.2, 0.25) is 5.56 Å². The molecule has 0 spiro atoms. The Kier molecular flexibility index (Phi) is 1.12. The molecule has 0 amide bonds. The van der Waals surface area contributed by atoms with Crippen molar-refractivity contribution >= 4 is 11.0 Å². The lowest BCUT2D eigenvalue weighted by molar-refractivity contribution is 1.27. The average Bonchev–Trinajstić information content (AvgIpc) is 2.34. The number of H-pyrrole nitrogens is 2. The standard InChI is InChI=1S/C8H8N2O/c1-5-4-7(11)10-6-2-3-9-8(5)6/h2-4,9H,1H3,(H,10,11). The van der Waals surface area contributed by atoms with Gasteiger partial charge in [0.15, 0.2) is 0 Å². The van der Waals surface area contributed by atoms with Crippen molar-refractivity contribution < 1.29 is 0 Å². The highest BCUT2D eigenvalue weighted by atomic mass is 16.1. The monoisotopic (exact) mass is 148 g/mol. The molecule has 0 bridgehead atoms. The zero-order valence-electron chi connectivity index (χ0n) is 6.14. The summed E-state index contributed by atoms with van der Waals surface area (Å²) >= 11 is 0. The molecule has 0 saturated carbocycles. The summed E-state index contributed by atoms with van der Waals surface area (Å²) in [5.74, 6) is 0. The SMILES string of the molecule is Cc1cc(=O)[nH]c2cc[nH]c12. The first kappa shape index (κ1) is 6.22. The first-order valence-electron chi connectivity index (χ1n) is 3.44. The van der Waals surface area contributed by atoms with Crippen LogP contribution in [0.3, 0.4) is 0 Å². The molecule has 0 aliphatic rings.